The largest absolute Gasteiger partial charge is 0.329 e. The van der Waals surface area contributed by atoms with Crippen LogP contribution in [-0.2, 0) is 0 Å². The van der Waals surface area contributed by atoms with E-state index in [0.717, 1.165) is 18.5 Å². The molecule has 0 aromatic carbocycles. The average molecular weight is 256 g/mol. The SMILES string of the molecule is CCC1CCC(N(C)C2(CN)CCSC2)CC1. The van der Waals surface area contributed by atoms with Crippen molar-refractivity contribution < 1.29 is 0 Å². The monoisotopic (exact) mass is 256 g/mol. The minimum atomic E-state index is 0.314. The van der Waals surface area contributed by atoms with E-state index in [1.165, 1.54) is 50.0 Å². The minimum absolute atomic E-state index is 0.314. The van der Waals surface area contributed by atoms with Crippen LogP contribution < -0.4 is 5.73 Å². The molecule has 0 amide bonds. The van der Waals surface area contributed by atoms with Crippen LogP contribution in [0, 0.1) is 5.92 Å². The van der Waals surface area contributed by atoms with Gasteiger partial charge in [-0.15, -0.1) is 0 Å². The number of hydrogen-bond donors (Lipinski definition) is 1. The molecule has 0 spiro atoms. The van der Waals surface area contributed by atoms with Crippen LogP contribution in [0.3, 0.4) is 0 Å². The lowest BCUT2D eigenvalue weighted by Gasteiger charge is -2.45. The lowest BCUT2D eigenvalue weighted by atomic mass is 9.82. The topological polar surface area (TPSA) is 29.3 Å². The van der Waals surface area contributed by atoms with Gasteiger partial charge >= 0.3 is 0 Å². The van der Waals surface area contributed by atoms with Crippen molar-refractivity contribution in [1.29, 1.82) is 0 Å². The fourth-order valence-corrected chi connectivity index (χ4v) is 5.02. The Bertz CT molecular complexity index is 230. The highest BCUT2D eigenvalue weighted by atomic mass is 32.2. The van der Waals surface area contributed by atoms with Crippen molar-refractivity contribution in [3.8, 4) is 0 Å². The van der Waals surface area contributed by atoms with Crippen molar-refractivity contribution in [1.82, 2.24) is 4.90 Å². The second-order valence-electron chi connectivity index (χ2n) is 5.92. The zero-order chi connectivity index (χ0) is 12.3. The summed E-state index contributed by atoms with van der Waals surface area (Å²) in [6.45, 7) is 3.17. The highest BCUT2D eigenvalue weighted by Crippen LogP contribution is 2.37. The first-order valence-corrected chi connectivity index (χ1v) is 8.38. The summed E-state index contributed by atoms with van der Waals surface area (Å²) in [6.07, 6.45) is 8.30. The fourth-order valence-electron chi connectivity index (χ4n) is 3.51. The van der Waals surface area contributed by atoms with Crippen LogP contribution in [0.15, 0.2) is 0 Å². The number of hydrogen-bond acceptors (Lipinski definition) is 3. The number of rotatable bonds is 4. The lowest BCUT2D eigenvalue weighted by molar-refractivity contribution is 0.0651. The van der Waals surface area contributed by atoms with Gasteiger partial charge in [-0.05, 0) is 50.8 Å². The predicted molar refractivity (Wildman–Crippen MR) is 77.5 cm³/mol. The van der Waals surface area contributed by atoms with E-state index in [4.69, 9.17) is 5.73 Å². The van der Waals surface area contributed by atoms with E-state index >= 15 is 0 Å². The molecule has 1 saturated heterocycles. The highest BCUT2D eigenvalue weighted by Gasteiger charge is 2.40. The van der Waals surface area contributed by atoms with Gasteiger partial charge in [0.15, 0.2) is 0 Å². The van der Waals surface area contributed by atoms with E-state index in [0.29, 0.717) is 5.54 Å². The Labute approximate surface area is 111 Å². The third kappa shape index (κ3) is 2.82. The zero-order valence-electron chi connectivity index (χ0n) is 11.5. The molecule has 2 fully saturated rings. The summed E-state index contributed by atoms with van der Waals surface area (Å²) >= 11 is 2.08. The molecular weight excluding hydrogens is 228 g/mol. The Kier molecular flexibility index (Phi) is 4.79. The Balaban J connectivity index is 1.93. The van der Waals surface area contributed by atoms with Gasteiger partial charge in [-0.2, -0.15) is 11.8 Å². The van der Waals surface area contributed by atoms with Crippen molar-refractivity contribution in [2.24, 2.45) is 11.7 Å². The maximum Gasteiger partial charge on any atom is 0.0429 e. The molecule has 0 radical (unpaired) electrons. The highest BCUT2D eigenvalue weighted by molar-refractivity contribution is 7.99. The maximum atomic E-state index is 6.07. The van der Waals surface area contributed by atoms with Crippen molar-refractivity contribution >= 4 is 11.8 Å². The molecular formula is C14H28N2S. The molecule has 2 aliphatic rings. The molecule has 1 saturated carbocycles. The van der Waals surface area contributed by atoms with Crippen LogP contribution in [0.25, 0.3) is 0 Å². The maximum absolute atomic E-state index is 6.07. The number of likely N-dealkylation sites (N-methyl/N-ethyl adjacent to an activating group) is 1. The summed E-state index contributed by atoms with van der Waals surface area (Å²) in [5, 5.41) is 0. The van der Waals surface area contributed by atoms with Crippen LogP contribution in [0.1, 0.15) is 45.4 Å². The van der Waals surface area contributed by atoms with Gasteiger partial charge in [-0.3, -0.25) is 4.90 Å². The van der Waals surface area contributed by atoms with Gasteiger partial charge in [-0.1, -0.05) is 13.3 Å². The van der Waals surface area contributed by atoms with E-state index in [-0.39, 0.29) is 0 Å². The molecule has 1 heterocycles. The Morgan fingerprint density at radius 2 is 2.00 bits per heavy atom. The number of thioether (sulfide) groups is 1. The Morgan fingerprint density at radius 3 is 2.47 bits per heavy atom. The molecule has 2 rings (SSSR count). The molecule has 0 aromatic heterocycles. The Morgan fingerprint density at radius 1 is 1.29 bits per heavy atom. The molecule has 2 N–H and O–H groups in total. The van der Waals surface area contributed by atoms with Gasteiger partial charge in [-0.25, -0.2) is 0 Å². The van der Waals surface area contributed by atoms with Gasteiger partial charge in [0, 0.05) is 23.9 Å². The third-order valence-corrected chi connectivity index (χ3v) is 6.39. The molecule has 100 valence electrons. The zero-order valence-corrected chi connectivity index (χ0v) is 12.3. The quantitative estimate of drug-likeness (QED) is 0.838. The smallest absolute Gasteiger partial charge is 0.0429 e. The summed E-state index contributed by atoms with van der Waals surface area (Å²) in [5.74, 6) is 3.53. The van der Waals surface area contributed by atoms with Crippen molar-refractivity contribution in [3.05, 3.63) is 0 Å². The predicted octanol–water partition coefficient (Wildman–Crippen LogP) is 2.72. The van der Waals surface area contributed by atoms with Crippen LogP contribution in [0.4, 0.5) is 0 Å². The summed E-state index contributed by atoms with van der Waals surface area (Å²) in [5.41, 5.74) is 6.39. The summed E-state index contributed by atoms with van der Waals surface area (Å²) in [7, 11) is 2.33. The number of nitrogens with two attached hydrogens (primary N) is 1. The van der Waals surface area contributed by atoms with Crippen molar-refractivity contribution in [3.63, 3.8) is 0 Å². The second kappa shape index (κ2) is 5.94. The molecule has 1 aliphatic carbocycles. The summed E-state index contributed by atoms with van der Waals surface area (Å²) in [6, 6.07) is 0.792. The van der Waals surface area contributed by atoms with Crippen LogP contribution in [-0.4, -0.2) is 41.6 Å². The fraction of sp³-hybridized carbons (Fsp3) is 1.00. The van der Waals surface area contributed by atoms with E-state index in [1.807, 2.05) is 0 Å². The van der Waals surface area contributed by atoms with Gasteiger partial charge in [0.1, 0.15) is 0 Å². The lowest BCUT2D eigenvalue weighted by Crippen LogP contribution is -2.56. The van der Waals surface area contributed by atoms with Gasteiger partial charge in [0.05, 0.1) is 0 Å². The number of nitrogens with zero attached hydrogens (tertiary/aromatic N) is 1. The van der Waals surface area contributed by atoms with E-state index < -0.39 is 0 Å². The average Bonchev–Trinajstić information content (AvgIpc) is 2.88. The van der Waals surface area contributed by atoms with Crippen LogP contribution >= 0.6 is 11.8 Å². The first-order chi connectivity index (χ1) is 8.22. The summed E-state index contributed by atoms with van der Waals surface area (Å²) < 4.78 is 0. The molecule has 17 heavy (non-hydrogen) atoms. The molecule has 2 nitrogen and oxygen atoms in total. The first kappa shape index (κ1) is 13.7. The molecule has 0 bridgehead atoms. The Hall–Kier alpha value is 0.270. The molecule has 1 unspecified atom stereocenters. The normalized spacial score (nSPS) is 38.8. The van der Waals surface area contributed by atoms with Crippen LogP contribution in [0.2, 0.25) is 0 Å². The van der Waals surface area contributed by atoms with E-state index in [1.54, 1.807) is 0 Å². The first-order valence-electron chi connectivity index (χ1n) is 7.22. The van der Waals surface area contributed by atoms with Crippen molar-refractivity contribution in [2.45, 2.75) is 57.0 Å². The third-order valence-electron chi connectivity index (χ3n) is 5.15. The standard InChI is InChI=1S/C14H28N2S/c1-3-12-4-6-13(7-5-12)16(2)14(10-15)8-9-17-11-14/h12-13H,3-11,15H2,1-2H3. The molecule has 1 atom stereocenters. The molecule has 0 aromatic rings. The van der Waals surface area contributed by atoms with E-state index in [9.17, 15) is 0 Å². The van der Waals surface area contributed by atoms with Gasteiger partial charge in [0.2, 0.25) is 0 Å². The van der Waals surface area contributed by atoms with Gasteiger partial charge < -0.3 is 5.73 Å². The summed E-state index contributed by atoms with van der Waals surface area (Å²) in [4.78, 5) is 2.65. The minimum Gasteiger partial charge on any atom is -0.329 e. The van der Waals surface area contributed by atoms with Crippen molar-refractivity contribution in [2.75, 3.05) is 25.1 Å². The second-order valence-corrected chi connectivity index (χ2v) is 7.03. The van der Waals surface area contributed by atoms with Gasteiger partial charge in [0.25, 0.3) is 0 Å². The molecule has 1 aliphatic heterocycles. The van der Waals surface area contributed by atoms with E-state index in [2.05, 4.69) is 30.6 Å². The molecule has 3 heteroatoms. The van der Waals surface area contributed by atoms with Crippen LogP contribution in [0.5, 0.6) is 0 Å².